The second-order valence-corrected chi connectivity index (χ2v) is 3.45. The second-order valence-electron chi connectivity index (χ2n) is 2.42. The minimum absolute atomic E-state index is 0.260. The van der Waals surface area contributed by atoms with E-state index in [1.165, 1.54) is 0 Å². The number of aromatic nitrogens is 1. The Morgan fingerprint density at radius 3 is 3.08 bits per heavy atom. The number of anilines is 1. The summed E-state index contributed by atoms with van der Waals surface area (Å²) in [6, 6.07) is 5.19. The highest BCUT2D eigenvalue weighted by Gasteiger charge is 2.01. The number of aromatic hydroxyl groups is 1. The Bertz CT molecular complexity index is 410. The van der Waals surface area contributed by atoms with Crippen molar-refractivity contribution in [1.82, 2.24) is 4.98 Å². The fraction of sp³-hybridized carbons (Fsp3) is 0.125. The maximum Gasteiger partial charge on any atom is 0.183 e. The normalized spacial score (nSPS) is 10.4. The van der Waals surface area contributed by atoms with E-state index in [2.05, 4.69) is 10.3 Å². The Morgan fingerprint density at radius 1 is 1.50 bits per heavy atom. The Morgan fingerprint density at radius 2 is 2.33 bits per heavy atom. The predicted molar refractivity (Wildman–Crippen MR) is 50.8 cm³/mol. The summed E-state index contributed by atoms with van der Waals surface area (Å²) in [5.74, 6) is 0.260. The number of thiazole rings is 1. The van der Waals surface area contributed by atoms with Crippen molar-refractivity contribution in [3.05, 3.63) is 18.2 Å². The van der Waals surface area contributed by atoms with Gasteiger partial charge in [-0.1, -0.05) is 11.3 Å². The monoisotopic (exact) mass is 180 g/mol. The molecule has 0 aliphatic rings. The summed E-state index contributed by atoms with van der Waals surface area (Å²) in [4.78, 5) is 4.24. The SMILES string of the molecule is CNc1nc2cc(O)ccc2s1. The van der Waals surface area contributed by atoms with Crippen LogP contribution >= 0.6 is 11.3 Å². The van der Waals surface area contributed by atoms with Gasteiger partial charge in [-0.25, -0.2) is 4.98 Å². The zero-order chi connectivity index (χ0) is 8.55. The lowest BCUT2D eigenvalue weighted by molar-refractivity contribution is 0.476. The molecule has 62 valence electrons. The van der Waals surface area contributed by atoms with Crippen molar-refractivity contribution in [3.8, 4) is 5.75 Å². The minimum Gasteiger partial charge on any atom is -0.508 e. The average molecular weight is 180 g/mol. The highest BCUT2D eigenvalue weighted by molar-refractivity contribution is 7.22. The lowest BCUT2D eigenvalue weighted by Gasteiger charge is -1.87. The highest BCUT2D eigenvalue weighted by Crippen LogP contribution is 2.27. The van der Waals surface area contributed by atoms with E-state index in [9.17, 15) is 0 Å². The first-order valence-corrected chi connectivity index (χ1v) is 4.38. The maximum absolute atomic E-state index is 9.16. The first-order valence-electron chi connectivity index (χ1n) is 3.57. The van der Waals surface area contributed by atoms with Crippen LogP contribution in [0.15, 0.2) is 18.2 Å². The molecule has 0 unspecified atom stereocenters. The number of hydrogen-bond acceptors (Lipinski definition) is 4. The molecule has 0 radical (unpaired) electrons. The third-order valence-corrected chi connectivity index (χ3v) is 2.64. The summed E-state index contributed by atoms with van der Waals surface area (Å²) in [6.07, 6.45) is 0. The topological polar surface area (TPSA) is 45.2 Å². The number of phenolic OH excluding ortho intramolecular Hbond substituents is 1. The molecule has 4 heteroatoms. The largest absolute Gasteiger partial charge is 0.508 e. The van der Waals surface area contributed by atoms with Gasteiger partial charge in [0.25, 0.3) is 0 Å². The Balaban J connectivity index is 2.67. The van der Waals surface area contributed by atoms with Gasteiger partial charge in [-0.3, -0.25) is 0 Å². The van der Waals surface area contributed by atoms with Crippen molar-refractivity contribution in [2.45, 2.75) is 0 Å². The smallest absolute Gasteiger partial charge is 0.183 e. The van der Waals surface area contributed by atoms with Crippen LogP contribution in [-0.2, 0) is 0 Å². The lowest BCUT2D eigenvalue weighted by Crippen LogP contribution is -1.83. The summed E-state index contributed by atoms with van der Waals surface area (Å²) >= 11 is 1.57. The van der Waals surface area contributed by atoms with Gasteiger partial charge < -0.3 is 10.4 Å². The summed E-state index contributed by atoms with van der Waals surface area (Å²) in [5.41, 5.74) is 0.837. The van der Waals surface area contributed by atoms with Gasteiger partial charge in [0.2, 0.25) is 0 Å². The van der Waals surface area contributed by atoms with Crippen LogP contribution in [0.3, 0.4) is 0 Å². The molecule has 0 fully saturated rings. The molecule has 0 atom stereocenters. The molecule has 0 saturated heterocycles. The molecule has 0 spiro atoms. The number of hydrogen-bond donors (Lipinski definition) is 2. The molecule has 1 aromatic carbocycles. The molecule has 1 heterocycles. The number of benzene rings is 1. The fourth-order valence-corrected chi connectivity index (χ4v) is 1.82. The van der Waals surface area contributed by atoms with Crippen molar-refractivity contribution in [3.63, 3.8) is 0 Å². The van der Waals surface area contributed by atoms with Crippen LogP contribution in [0.1, 0.15) is 0 Å². The Labute approximate surface area is 73.7 Å². The molecule has 0 aliphatic carbocycles. The quantitative estimate of drug-likeness (QED) is 0.706. The summed E-state index contributed by atoms with van der Waals surface area (Å²) in [5, 5.41) is 13.0. The standard InChI is InChI=1S/C8H8N2OS/c1-9-8-10-6-4-5(11)2-3-7(6)12-8/h2-4,11H,1H3,(H,9,10). The van der Waals surface area contributed by atoms with Crippen LogP contribution in [0.4, 0.5) is 5.13 Å². The molecule has 0 saturated carbocycles. The van der Waals surface area contributed by atoms with E-state index in [1.807, 2.05) is 13.1 Å². The minimum atomic E-state index is 0.260. The van der Waals surface area contributed by atoms with Gasteiger partial charge in [-0.15, -0.1) is 0 Å². The third-order valence-electron chi connectivity index (χ3n) is 1.59. The van der Waals surface area contributed by atoms with E-state index in [0.717, 1.165) is 15.3 Å². The molecule has 2 aromatic rings. The Kier molecular flexibility index (Phi) is 1.62. The van der Waals surface area contributed by atoms with Crippen molar-refractivity contribution in [2.75, 3.05) is 12.4 Å². The number of nitrogens with one attached hydrogen (secondary N) is 1. The number of phenols is 1. The van der Waals surface area contributed by atoms with E-state index in [0.29, 0.717) is 0 Å². The molecule has 12 heavy (non-hydrogen) atoms. The van der Waals surface area contributed by atoms with E-state index >= 15 is 0 Å². The van der Waals surface area contributed by atoms with Gasteiger partial charge in [-0.05, 0) is 12.1 Å². The van der Waals surface area contributed by atoms with E-state index < -0.39 is 0 Å². The number of fused-ring (bicyclic) bond motifs is 1. The molecule has 2 N–H and O–H groups in total. The molecule has 2 rings (SSSR count). The summed E-state index contributed by atoms with van der Waals surface area (Å²) in [7, 11) is 1.83. The predicted octanol–water partition coefficient (Wildman–Crippen LogP) is 2.04. The molecular formula is C8H8N2OS. The number of nitrogens with zero attached hydrogens (tertiary/aromatic N) is 1. The van der Waals surface area contributed by atoms with Crippen molar-refractivity contribution in [2.24, 2.45) is 0 Å². The van der Waals surface area contributed by atoms with Gasteiger partial charge in [0.05, 0.1) is 10.2 Å². The van der Waals surface area contributed by atoms with Crippen LogP contribution in [0.5, 0.6) is 5.75 Å². The zero-order valence-electron chi connectivity index (χ0n) is 6.53. The van der Waals surface area contributed by atoms with Crippen LogP contribution in [0.2, 0.25) is 0 Å². The van der Waals surface area contributed by atoms with Gasteiger partial charge in [-0.2, -0.15) is 0 Å². The highest BCUT2D eigenvalue weighted by atomic mass is 32.1. The summed E-state index contributed by atoms with van der Waals surface area (Å²) in [6.45, 7) is 0. The van der Waals surface area contributed by atoms with Crippen LogP contribution in [-0.4, -0.2) is 17.1 Å². The van der Waals surface area contributed by atoms with Crippen molar-refractivity contribution < 1.29 is 5.11 Å². The van der Waals surface area contributed by atoms with Crippen molar-refractivity contribution >= 4 is 26.7 Å². The van der Waals surface area contributed by atoms with E-state index in [-0.39, 0.29) is 5.75 Å². The maximum atomic E-state index is 9.16. The van der Waals surface area contributed by atoms with Crippen LogP contribution in [0.25, 0.3) is 10.2 Å². The lowest BCUT2D eigenvalue weighted by atomic mass is 10.3. The summed E-state index contributed by atoms with van der Waals surface area (Å²) < 4.78 is 1.08. The van der Waals surface area contributed by atoms with Crippen molar-refractivity contribution in [1.29, 1.82) is 0 Å². The average Bonchev–Trinajstić information content (AvgIpc) is 2.46. The molecule has 3 nitrogen and oxygen atoms in total. The first kappa shape index (κ1) is 7.36. The van der Waals surface area contributed by atoms with Crippen LogP contribution in [0, 0.1) is 0 Å². The van der Waals surface area contributed by atoms with Gasteiger partial charge in [0.15, 0.2) is 5.13 Å². The molecule has 0 amide bonds. The van der Waals surface area contributed by atoms with E-state index in [4.69, 9.17) is 5.11 Å². The van der Waals surface area contributed by atoms with Gasteiger partial charge in [0, 0.05) is 13.1 Å². The van der Waals surface area contributed by atoms with E-state index in [1.54, 1.807) is 23.5 Å². The molecule has 1 aromatic heterocycles. The Hall–Kier alpha value is -1.29. The third kappa shape index (κ3) is 1.10. The molecular weight excluding hydrogens is 172 g/mol. The van der Waals surface area contributed by atoms with Gasteiger partial charge >= 0.3 is 0 Å². The zero-order valence-corrected chi connectivity index (χ0v) is 7.35. The second kappa shape index (κ2) is 2.64. The van der Waals surface area contributed by atoms with Gasteiger partial charge in [0.1, 0.15) is 5.75 Å². The molecule has 0 bridgehead atoms. The number of rotatable bonds is 1. The fourth-order valence-electron chi connectivity index (χ4n) is 1.02. The first-order chi connectivity index (χ1) is 5.79. The van der Waals surface area contributed by atoms with Crippen LogP contribution < -0.4 is 5.32 Å². The molecule has 0 aliphatic heterocycles.